The van der Waals surface area contributed by atoms with Crippen LogP contribution in [0.4, 0.5) is 0 Å². The molecule has 0 radical (unpaired) electrons. The SMILES string of the molecule is Cc1n[nH]c2c(-c3ccc(-n4ncc5c(=O)n(CC6(O)CCN(C(=O)C7CC7)CC6)cnc54)cc3)cccc12. The number of likely N-dealkylation sites (tertiary alicyclic amines) is 1. The van der Waals surface area contributed by atoms with Gasteiger partial charge in [-0.2, -0.15) is 10.2 Å². The number of rotatable bonds is 5. The molecule has 0 spiro atoms. The Kier molecular flexibility index (Phi) is 5.41. The van der Waals surface area contributed by atoms with Crippen LogP contribution >= 0.6 is 0 Å². The van der Waals surface area contributed by atoms with E-state index in [1.807, 2.05) is 42.2 Å². The summed E-state index contributed by atoms with van der Waals surface area (Å²) in [5, 5.41) is 24.6. The molecule has 10 nitrogen and oxygen atoms in total. The first-order valence-corrected chi connectivity index (χ1v) is 13.4. The van der Waals surface area contributed by atoms with E-state index in [9.17, 15) is 14.7 Å². The van der Waals surface area contributed by atoms with Crippen molar-refractivity contribution in [3.05, 3.63) is 71.0 Å². The smallest absolute Gasteiger partial charge is 0.264 e. The molecule has 0 atom stereocenters. The molecule has 1 saturated heterocycles. The van der Waals surface area contributed by atoms with Crippen LogP contribution in [0.1, 0.15) is 31.4 Å². The number of piperidine rings is 1. The molecule has 7 rings (SSSR count). The second-order valence-electron chi connectivity index (χ2n) is 10.9. The Morgan fingerprint density at radius 3 is 2.62 bits per heavy atom. The third-order valence-corrected chi connectivity index (χ3v) is 8.16. The molecule has 10 heteroatoms. The first kappa shape index (κ1) is 23.8. The Hall–Kier alpha value is -4.31. The van der Waals surface area contributed by atoms with Crippen LogP contribution in [-0.2, 0) is 11.3 Å². The monoisotopic (exact) mass is 523 g/mol. The van der Waals surface area contributed by atoms with Crippen LogP contribution in [0.3, 0.4) is 0 Å². The summed E-state index contributed by atoms with van der Waals surface area (Å²) in [4.78, 5) is 32.1. The molecule has 1 saturated carbocycles. The third-order valence-electron chi connectivity index (χ3n) is 8.16. The summed E-state index contributed by atoms with van der Waals surface area (Å²) in [6.07, 6.45) is 5.84. The van der Waals surface area contributed by atoms with Gasteiger partial charge in [0.15, 0.2) is 5.65 Å². The van der Waals surface area contributed by atoms with Gasteiger partial charge in [0.1, 0.15) is 11.7 Å². The number of nitrogens with one attached hydrogen (secondary N) is 1. The minimum absolute atomic E-state index is 0.138. The molecule has 3 aromatic heterocycles. The van der Waals surface area contributed by atoms with E-state index in [4.69, 9.17) is 0 Å². The van der Waals surface area contributed by atoms with Gasteiger partial charge in [0, 0.05) is 30.0 Å². The quantitative estimate of drug-likeness (QED) is 0.365. The van der Waals surface area contributed by atoms with Gasteiger partial charge in [0.2, 0.25) is 5.91 Å². The van der Waals surface area contributed by atoms with Gasteiger partial charge in [0.05, 0.1) is 35.2 Å². The number of benzene rings is 2. The van der Waals surface area contributed by atoms with Crippen LogP contribution < -0.4 is 5.56 Å². The highest BCUT2D eigenvalue weighted by molar-refractivity contribution is 5.95. The summed E-state index contributed by atoms with van der Waals surface area (Å²) in [6.45, 7) is 3.15. The number of aromatic amines is 1. The lowest BCUT2D eigenvalue weighted by atomic mass is 9.91. The second kappa shape index (κ2) is 8.88. The highest BCUT2D eigenvalue weighted by Crippen LogP contribution is 2.33. The Bertz CT molecular complexity index is 1770. The molecule has 0 bridgehead atoms. The first-order chi connectivity index (χ1) is 18.9. The topological polar surface area (TPSA) is 122 Å². The average Bonchev–Trinajstić information content (AvgIpc) is 3.61. The fourth-order valence-corrected chi connectivity index (χ4v) is 5.65. The third kappa shape index (κ3) is 4.11. The van der Waals surface area contributed by atoms with Crippen LogP contribution in [0.5, 0.6) is 0 Å². The van der Waals surface area contributed by atoms with E-state index in [-0.39, 0.29) is 23.9 Å². The van der Waals surface area contributed by atoms with Crippen molar-refractivity contribution in [3.63, 3.8) is 0 Å². The number of aliphatic hydroxyl groups is 1. The van der Waals surface area contributed by atoms with Gasteiger partial charge in [-0.05, 0) is 50.3 Å². The van der Waals surface area contributed by atoms with Crippen LogP contribution in [0.2, 0.25) is 0 Å². The van der Waals surface area contributed by atoms with E-state index in [0.29, 0.717) is 37.0 Å². The molecule has 2 fully saturated rings. The number of nitrogens with zero attached hydrogens (tertiary/aromatic N) is 6. The number of hydrogen-bond donors (Lipinski definition) is 2. The van der Waals surface area contributed by atoms with Gasteiger partial charge in [-0.3, -0.25) is 19.3 Å². The Labute approximate surface area is 223 Å². The van der Waals surface area contributed by atoms with Crippen molar-refractivity contribution in [2.24, 2.45) is 5.92 Å². The highest BCUT2D eigenvalue weighted by Gasteiger charge is 2.39. The van der Waals surface area contributed by atoms with E-state index in [2.05, 4.69) is 32.4 Å². The minimum Gasteiger partial charge on any atom is -0.388 e. The molecule has 39 heavy (non-hydrogen) atoms. The van der Waals surface area contributed by atoms with Crippen LogP contribution in [0, 0.1) is 12.8 Å². The van der Waals surface area contributed by atoms with E-state index in [1.54, 1.807) is 4.68 Å². The molecule has 1 aliphatic carbocycles. The molecule has 4 heterocycles. The number of fused-ring (bicyclic) bond motifs is 2. The zero-order valence-corrected chi connectivity index (χ0v) is 21.7. The van der Waals surface area contributed by atoms with E-state index >= 15 is 0 Å². The second-order valence-corrected chi connectivity index (χ2v) is 10.9. The predicted molar refractivity (Wildman–Crippen MR) is 146 cm³/mol. The van der Waals surface area contributed by atoms with Gasteiger partial charge < -0.3 is 10.0 Å². The molecule has 2 aromatic carbocycles. The Morgan fingerprint density at radius 1 is 1.10 bits per heavy atom. The fraction of sp³-hybridized carbons (Fsp3) is 0.345. The highest BCUT2D eigenvalue weighted by atomic mass is 16.3. The Morgan fingerprint density at radius 2 is 1.87 bits per heavy atom. The zero-order chi connectivity index (χ0) is 26.7. The average molecular weight is 524 g/mol. The van der Waals surface area contributed by atoms with Gasteiger partial charge in [0.25, 0.3) is 5.56 Å². The molecule has 1 amide bonds. The van der Waals surface area contributed by atoms with Crippen molar-refractivity contribution in [3.8, 4) is 16.8 Å². The molecule has 2 N–H and O–H groups in total. The van der Waals surface area contributed by atoms with E-state index in [1.165, 1.54) is 17.1 Å². The summed E-state index contributed by atoms with van der Waals surface area (Å²) in [6, 6.07) is 14.1. The number of hydrogen-bond acceptors (Lipinski definition) is 6. The molecule has 5 aromatic rings. The van der Waals surface area contributed by atoms with Gasteiger partial charge in [-0.1, -0.05) is 30.3 Å². The number of para-hydroxylation sites is 1. The maximum Gasteiger partial charge on any atom is 0.264 e. The normalized spacial score (nSPS) is 17.2. The molecule has 2 aliphatic rings. The standard InChI is InChI=1S/C29H29N7O3/c1-18-22-3-2-4-23(25(22)33-32-18)19-7-9-21(10-8-19)36-26-24(15-31-36)28(38)35(17-30-26)16-29(39)11-13-34(14-12-29)27(37)20-5-6-20/h2-4,7-10,15,17,20,39H,5-6,11-14,16H2,1H3,(H,32,33). The Balaban J connectivity index is 1.12. The summed E-state index contributed by atoms with van der Waals surface area (Å²) >= 11 is 0. The summed E-state index contributed by atoms with van der Waals surface area (Å²) in [7, 11) is 0. The number of aromatic nitrogens is 6. The van der Waals surface area contributed by atoms with Crippen molar-refractivity contribution in [2.75, 3.05) is 13.1 Å². The van der Waals surface area contributed by atoms with Gasteiger partial charge >= 0.3 is 0 Å². The maximum atomic E-state index is 13.3. The maximum absolute atomic E-state index is 13.3. The summed E-state index contributed by atoms with van der Waals surface area (Å²) in [5.74, 6) is 0.374. The fourth-order valence-electron chi connectivity index (χ4n) is 5.65. The van der Waals surface area contributed by atoms with Crippen molar-refractivity contribution >= 4 is 27.8 Å². The molecule has 198 valence electrons. The lowest BCUT2D eigenvalue weighted by Gasteiger charge is -2.38. The van der Waals surface area contributed by atoms with E-state index in [0.717, 1.165) is 46.3 Å². The molecular weight excluding hydrogens is 494 g/mol. The van der Waals surface area contributed by atoms with Crippen molar-refractivity contribution < 1.29 is 9.90 Å². The van der Waals surface area contributed by atoms with Crippen molar-refractivity contribution in [1.29, 1.82) is 0 Å². The number of carbonyl (C=O) groups is 1. The number of H-pyrrole nitrogens is 1. The summed E-state index contributed by atoms with van der Waals surface area (Å²) < 4.78 is 3.12. The van der Waals surface area contributed by atoms with E-state index < -0.39 is 5.60 Å². The largest absolute Gasteiger partial charge is 0.388 e. The molecular formula is C29H29N7O3. The lowest BCUT2D eigenvalue weighted by Crippen LogP contribution is -2.50. The van der Waals surface area contributed by atoms with Crippen LogP contribution in [0.15, 0.2) is 59.8 Å². The van der Waals surface area contributed by atoms with Crippen LogP contribution in [-0.4, -0.2) is 64.1 Å². The van der Waals surface area contributed by atoms with Gasteiger partial charge in [-0.15, -0.1) is 0 Å². The lowest BCUT2D eigenvalue weighted by molar-refractivity contribution is -0.137. The minimum atomic E-state index is -1.05. The van der Waals surface area contributed by atoms with Crippen molar-refractivity contribution in [2.45, 2.75) is 44.8 Å². The number of amides is 1. The number of carbonyl (C=O) groups excluding carboxylic acids is 1. The first-order valence-electron chi connectivity index (χ1n) is 13.4. The van der Waals surface area contributed by atoms with Crippen LogP contribution in [0.25, 0.3) is 38.8 Å². The summed E-state index contributed by atoms with van der Waals surface area (Å²) in [5.41, 5.74) is 4.02. The number of aryl methyl sites for hydroxylation is 1. The van der Waals surface area contributed by atoms with Crippen molar-refractivity contribution in [1.82, 2.24) is 34.4 Å². The van der Waals surface area contributed by atoms with Gasteiger partial charge in [-0.25, -0.2) is 9.67 Å². The molecule has 0 unspecified atom stereocenters. The zero-order valence-electron chi connectivity index (χ0n) is 21.7. The molecule has 1 aliphatic heterocycles. The predicted octanol–water partition coefficient (Wildman–Crippen LogP) is 3.20.